The van der Waals surface area contributed by atoms with E-state index < -0.39 is 5.97 Å². The molecule has 1 aliphatic rings. The minimum Gasteiger partial charge on any atom is -0.452 e. The van der Waals surface area contributed by atoms with Crippen molar-refractivity contribution in [2.75, 3.05) is 13.7 Å². The van der Waals surface area contributed by atoms with Crippen LogP contribution in [-0.4, -0.2) is 46.3 Å². The van der Waals surface area contributed by atoms with Crippen LogP contribution in [0, 0.1) is 0 Å². The average molecular weight is 418 g/mol. The molecule has 1 aromatic heterocycles. The number of para-hydroxylation sites is 1. The number of likely N-dealkylation sites (N-methyl/N-ethyl adjacent to an activating group) is 1. The fourth-order valence-electron chi connectivity index (χ4n) is 4.02. The summed E-state index contributed by atoms with van der Waals surface area (Å²) in [5, 5.41) is 4.63. The Kier molecular flexibility index (Phi) is 6.46. The van der Waals surface area contributed by atoms with Gasteiger partial charge < -0.3 is 9.64 Å². The smallest absolute Gasteiger partial charge is 0.342 e. The van der Waals surface area contributed by atoms with Crippen molar-refractivity contribution in [3.8, 4) is 16.9 Å². The predicted molar refractivity (Wildman–Crippen MR) is 119 cm³/mol. The van der Waals surface area contributed by atoms with E-state index in [0.717, 1.165) is 36.9 Å². The largest absolute Gasteiger partial charge is 0.452 e. The van der Waals surface area contributed by atoms with Crippen molar-refractivity contribution in [1.29, 1.82) is 0 Å². The van der Waals surface area contributed by atoms with E-state index >= 15 is 0 Å². The molecule has 31 heavy (non-hydrogen) atoms. The number of carbonyl (C=O) groups excluding carboxylic acids is 2. The predicted octanol–water partition coefficient (Wildman–Crippen LogP) is 4.49. The molecule has 6 nitrogen and oxygen atoms in total. The van der Waals surface area contributed by atoms with E-state index in [-0.39, 0.29) is 18.6 Å². The normalized spacial score (nSPS) is 14.2. The molecular formula is C25H27N3O3. The molecule has 0 aliphatic heterocycles. The molecule has 1 heterocycles. The minimum atomic E-state index is -0.550. The van der Waals surface area contributed by atoms with E-state index in [4.69, 9.17) is 4.74 Å². The molecule has 0 radical (unpaired) electrons. The topological polar surface area (TPSA) is 64.4 Å². The van der Waals surface area contributed by atoms with Crippen molar-refractivity contribution in [3.05, 3.63) is 72.4 Å². The van der Waals surface area contributed by atoms with Crippen molar-refractivity contribution in [2.24, 2.45) is 0 Å². The van der Waals surface area contributed by atoms with Gasteiger partial charge >= 0.3 is 5.97 Å². The first kappa shape index (κ1) is 20.8. The van der Waals surface area contributed by atoms with Gasteiger partial charge in [0.1, 0.15) is 11.3 Å². The number of nitrogens with zero attached hydrogens (tertiary/aromatic N) is 3. The molecule has 1 amide bonds. The van der Waals surface area contributed by atoms with Crippen LogP contribution in [0.3, 0.4) is 0 Å². The van der Waals surface area contributed by atoms with Gasteiger partial charge in [-0.15, -0.1) is 0 Å². The van der Waals surface area contributed by atoms with Crippen molar-refractivity contribution < 1.29 is 14.3 Å². The molecule has 0 unspecified atom stereocenters. The highest BCUT2D eigenvalue weighted by molar-refractivity contribution is 5.97. The SMILES string of the molecule is CN(C(=O)COC(=O)c1cn(-c2ccccc2)nc1-c1ccccc1)C1CCCCC1. The zero-order chi connectivity index (χ0) is 21.6. The number of rotatable bonds is 6. The Morgan fingerprint density at radius 2 is 1.65 bits per heavy atom. The molecule has 3 aromatic rings. The van der Waals surface area contributed by atoms with Gasteiger partial charge in [0.2, 0.25) is 0 Å². The molecular weight excluding hydrogens is 390 g/mol. The van der Waals surface area contributed by atoms with Crippen LogP contribution in [0.5, 0.6) is 0 Å². The van der Waals surface area contributed by atoms with E-state index in [1.165, 1.54) is 6.42 Å². The maximum atomic E-state index is 12.9. The Morgan fingerprint density at radius 3 is 2.32 bits per heavy atom. The van der Waals surface area contributed by atoms with Crippen molar-refractivity contribution in [1.82, 2.24) is 14.7 Å². The summed E-state index contributed by atoms with van der Waals surface area (Å²) in [6.07, 6.45) is 7.19. The van der Waals surface area contributed by atoms with Gasteiger partial charge in [0.25, 0.3) is 5.91 Å². The first-order valence-corrected chi connectivity index (χ1v) is 10.8. The molecule has 0 saturated heterocycles. The summed E-state index contributed by atoms with van der Waals surface area (Å²) < 4.78 is 7.09. The third-order valence-corrected chi connectivity index (χ3v) is 5.84. The van der Waals surface area contributed by atoms with Gasteiger partial charge in [-0.25, -0.2) is 9.48 Å². The lowest BCUT2D eigenvalue weighted by atomic mass is 9.94. The monoisotopic (exact) mass is 417 g/mol. The lowest BCUT2D eigenvalue weighted by molar-refractivity contribution is -0.135. The van der Waals surface area contributed by atoms with Crippen LogP contribution in [0.1, 0.15) is 42.5 Å². The summed E-state index contributed by atoms with van der Waals surface area (Å²) in [4.78, 5) is 27.3. The number of hydrogen-bond acceptors (Lipinski definition) is 4. The van der Waals surface area contributed by atoms with Gasteiger partial charge in [0.05, 0.1) is 5.69 Å². The highest BCUT2D eigenvalue weighted by Gasteiger charge is 2.25. The minimum absolute atomic E-state index is 0.169. The molecule has 1 fully saturated rings. The number of carbonyl (C=O) groups is 2. The second-order valence-corrected chi connectivity index (χ2v) is 7.91. The standard InChI is InChI=1S/C25H27N3O3/c1-27(20-13-7-3-8-14-20)23(29)18-31-25(30)22-17-28(21-15-9-4-10-16-21)26-24(22)19-11-5-2-6-12-19/h2,4-6,9-12,15-17,20H,3,7-8,13-14,18H2,1H3. The van der Waals surface area contributed by atoms with E-state index in [0.29, 0.717) is 11.3 Å². The van der Waals surface area contributed by atoms with Crippen molar-refractivity contribution >= 4 is 11.9 Å². The molecule has 1 aliphatic carbocycles. The zero-order valence-electron chi connectivity index (χ0n) is 17.7. The quantitative estimate of drug-likeness (QED) is 0.555. The Hall–Kier alpha value is -3.41. The Balaban J connectivity index is 1.52. The molecule has 4 rings (SSSR count). The Morgan fingerprint density at radius 1 is 1.00 bits per heavy atom. The van der Waals surface area contributed by atoms with Crippen LogP contribution in [0.15, 0.2) is 66.9 Å². The van der Waals surface area contributed by atoms with Gasteiger partial charge in [0, 0.05) is 24.8 Å². The van der Waals surface area contributed by atoms with E-state index in [2.05, 4.69) is 5.10 Å². The van der Waals surface area contributed by atoms with Gasteiger partial charge in [-0.05, 0) is 25.0 Å². The maximum Gasteiger partial charge on any atom is 0.342 e. The molecule has 160 valence electrons. The van der Waals surface area contributed by atoms with Crippen molar-refractivity contribution in [3.63, 3.8) is 0 Å². The van der Waals surface area contributed by atoms with Crippen LogP contribution in [0.2, 0.25) is 0 Å². The van der Waals surface area contributed by atoms with Crippen molar-refractivity contribution in [2.45, 2.75) is 38.1 Å². The van der Waals surface area contributed by atoms with Gasteiger partial charge in [0.15, 0.2) is 6.61 Å². The second-order valence-electron chi connectivity index (χ2n) is 7.91. The molecule has 0 bridgehead atoms. The van der Waals surface area contributed by atoms with Crippen LogP contribution >= 0.6 is 0 Å². The average Bonchev–Trinajstić information content (AvgIpc) is 3.29. The third kappa shape index (κ3) is 4.85. The van der Waals surface area contributed by atoms with Crippen LogP contribution in [-0.2, 0) is 9.53 Å². The summed E-state index contributed by atoms with van der Waals surface area (Å²) in [5.41, 5.74) is 2.52. The number of amides is 1. The first-order chi connectivity index (χ1) is 15.1. The molecule has 6 heteroatoms. The summed E-state index contributed by atoms with van der Waals surface area (Å²) in [7, 11) is 1.80. The molecule has 2 aromatic carbocycles. The highest BCUT2D eigenvalue weighted by atomic mass is 16.5. The lowest BCUT2D eigenvalue weighted by Crippen LogP contribution is -2.40. The number of esters is 1. The van der Waals surface area contributed by atoms with Gasteiger partial charge in [-0.3, -0.25) is 4.79 Å². The summed E-state index contributed by atoms with van der Waals surface area (Å²) in [6.45, 7) is -0.267. The summed E-state index contributed by atoms with van der Waals surface area (Å²) >= 11 is 0. The molecule has 1 saturated carbocycles. The molecule has 0 N–H and O–H groups in total. The molecule has 0 spiro atoms. The Labute approximate surface area is 182 Å². The number of aromatic nitrogens is 2. The summed E-state index contributed by atoms with van der Waals surface area (Å²) in [6, 6.07) is 19.3. The number of benzene rings is 2. The third-order valence-electron chi connectivity index (χ3n) is 5.84. The van der Waals surface area contributed by atoms with Crippen LogP contribution < -0.4 is 0 Å². The van der Waals surface area contributed by atoms with Gasteiger partial charge in [-0.1, -0.05) is 67.8 Å². The lowest BCUT2D eigenvalue weighted by Gasteiger charge is -2.31. The zero-order valence-corrected chi connectivity index (χ0v) is 17.7. The van der Waals surface area contributed by atoms with E-state index in [9.17, 15) is 9.59 Å². The molecule has 0 atom stereocenters. The fourth-order valence-corrected chi connectivity index (χ4v) is 4.02. The number of hydrogen-bond donors (Lipinski definition) is 0. The van der Waals surface area contributed by atoms with Gasteiger partial charge in [-0.2, -0.15) is 5.10 Å². The summed E-state index contributed by atoms with van der Waals surface area (Å²) in [5.74, 6) is -0.719. The van der Waals surface area contributed by atoms with E-state index in [1.807, 2.05) is 60.7 Å². The maximum absolute atomic E-state index is 12.9. The highest BCUT2D eigenvalue weighted by Crippen LogP contribution is 2.25. The fraction of sp³-hybridized carbons (Fsp3) is 0.320. The van der Waals surface area contributed by atoms with Crippen LogP contribution in [0.4, 0.5) is 0 Å². The Bertz CT molecular complexity index is 1020. The van der Waals surface area contributed by atoms with E-state index in [1.54, 1.807) is 22.8 Å². The first-order valence-electron chi connectivity index (χ1n) is 10.8. The van der Waals surface area contributed by atoms with Crippen LogP contribution in [0.25, 0.3) is 16.9 Å². The second kappa shape index (κ2) is 9.60. The number of ether oxygens (including phenoxy) is 1.